The van der Waals surface area contributed by atoms with Gasteiger partial charge in [-0.2, -0.15) is 0 Å². The van der Waals surface area contributed by atoms with E-state index in [0.717, 1.165) is 29.7 Å². The van der Waals surface area contributed by atoms with Crippen molar-refractivity contribution in [3.63, 3.8) is 0 Å². The zero-order valence-electron chi connectivity index (χ0n) is 12.2. The molecule has 1 N–H and O–H groups in total. The predicted molar refractivity (Wildman–Crippen MR) is 86.6 cm³/mol. The number of anilines is 1. The van der Waals surface area contributed by atoms with E-state index in [1.54, 1.807) is 24.5 Å². The van der Waals surface area contributed by atoms with E-state index >= 15 is 0 Å². The molecule has 1 heterocycles. The molecule has 0 atom stereocenters. The molecule has 110 valence electrons. The average molecular weight is 304 g/mol. The number of hydrogen-bond donors (Lipinski definition) is 1. The smallest absolute Gasteiger partial charge is 0.248 e. The third kappa shape index (κ3) is 3.76. The highest BCUT2D eigenvalue weighted by Crippen LogP contribution is 2.29. The molecule has 0 saturated carbocycles. The number of carbonyl (C=O) groups excluding carboxylic acids is 1. The number of rotatable bonds is 5. The van der Waals surface area contributed by atoms with E-state index in [4.69, 9.17) is 16.0 Å². The minimum absolute atomic E-state index is 0.196. The van der Waals surface area contributed by atoms with Crippen LogP contribution in [0.2, 0.25) is 5.02 Å². The monoisotopic (exact) mass is 303 g/mol. The van der Waals surface area contributed by atoms with Gasteiger partial charge in [0.25, 0.3) is 0 Å². The largest absolute Gasteiger partial charge is 0.465 e. The maximum Gasteiger partial charge on any atom is 0.248 e. The first-order chi connectivity index (χ1) is 10.2. The van der Waals surface area contributed by atoms with Gasteiger partial charge >= 0.3 is 0 Å². The zero-order chi connectivity index (χ0) is 15.2. The molecule has 0 fully saturated rings. The van der Waals surface area contributed by atoms with Crippen LogP contribution in [0.3, 0.4) is 0 Å². The summed E-state index contributed by atoms with van der Waals surface area (Å²) >= 11 is 6.22. The summed E-state index contributed by atoms with van der Waals surface area (Å²) in [5.74, 6) is 0.445. The average Bonchev–Trinajstić information content (AvgIpc) is 2.99. The van der Waals surface area contributed by atoms with Crippen molar-refractivity contribution in [1.82, 2.24) is 0 Å². The molecule has 2 aromatic rings. The predicted octanol–water partition coefficient (Wildman–Crippen LogP) is 4.71. The lowest BCUT2D eigenvalue weighted by molar-refractivity contribution is -0.111. The second-order valence-corrected chi connectivity index (χ2v) is 5.01. The summed E-state index contributed by atoms with van der Waals surface area (Å²) in [5, 5.41) is 3.61. The summed E-state index contributed by atoms with van der Waals surface area (Å²) in [5.41, 5.74) is 2.87. The number of halogens is 1. The van der Waals surface area contributed by atoms with Gasteiger partial charge in [0, 0.05) is 16.8 Å². The Morgan fingerprint density at radius 3 is 2.71 bits per heavy atom. The maximum atomic E-state index is 12.1. The van der Waals surface area contributed by atoms with E-state index in [1.165, 1.54) is 6.08 Å². The Morgan fingerprint density at radius 2 is 2.10 bits per heavy atom. The molecule has 0 spiro atoms. The van der Waals surface area contributed by atoms with Crippen molar-refractivity contribution in [3.05, 3.63) is 58.5 Å². The topological polar surface area (TPSA) is 42.2 Å². The molecule has 3 nitrogen and oxygen atoms in total. The van der Waals surface area contributed by atoms with Gasteiger partial charge in [-0.15, -0.1) is 0 Å². The minimum Gasteiger partial charge on any atom is -0.465 e. The first-order valence-electron chi connectivity index (χ1n) is 6.98. The quantitative estimate of drug-likeness (QED) is 0.813. The molecule has 1 amide bonds. The van der Waals surface area contributed by atoms with Crippen LogP contribution in [-0.4, -0.2) is 5.91 Å². The van der Waals surface area contributed by atoms with Crippen molar-refractivity contribution in [2.45, 2.75) is 26.7 Å². The van der Waals surface area contributed by atoms with Crippen LogP contribution < -0.4 is 5.32 Å². The van der Waals surface area contributed by atoms with E-state index in [1.807, 2.05) is 19.1 Å². The molecular weight excluding hydrogens is 286 g/mol. The van der Waals surface area contributed by atoms with Crippen LogP contribution in [0, 0.1) is 0 Å². The van der Waals surface area contributed by atoms with Gasteiger partial charge in [-0.3, -0.25) is 4.79 Å². The highest BCUT2D eigenvalue weighted by molar-refractivity contribution is 6.32. The number of hydrogen-bond acceptors (Lipinski definition) is 2. The maximum absolute atomic E-state index is 12.1. The molecular formula is C17H18ClNO2. The summed E-state index contributed by atoms with van der Waals surface area (Å²) in [6.45, 7) is 4.08. The van der Waals surface area contributed by atoms with Gasteiger partial charge in [0.15, 0.2) is 0 Å². The van der Waals surface area contributed by atoms with Crippen LogP contribution >= 0.6 is 11.6 Å². The van der Waals surface area contributed by atoms with Gasteiger partial charge in [-0.05, 0) is 48.2 Å². The van der Waals surface area contributed by atoms with E-state index in [-0.39, 0.29) is 5.91 Å². The van der Waals surface area contributed by atoms with Crippen LogP contribution in [0.5, 0.6) is 0 Å². The Labute approximate surface area is 129 Å². The fourth-order valence-corrected chi connectivity index (χ4v) is 2.47. The highest BCUT2D eigenvalue weighted by atomic mass is 35.5. The van der Waals surface area contributed by atoms with E-state index in [9.17, 15) is 4.79 Å². The summed E-state index contributed by atoms with van der Waals surface area (Å²) in [7, 11) is 0. The molecule has 0 aliphatic carbocycles. The third-order valence-electron chi connectivity index (χ3n) is 3.27. The first-order valence-corrected chi connectivity index (χ1v) is 7.36. The number of carbonyl (C=O) groups is 1. The summed E-state index contributed by atoms with van der Waals surface area (Å²) in [6, 6.07) is 7.40. The number of nitrogens with one attached hydrogen (secondary N) is 1. The van der Waals surface area contributed by atoms with Gasteiger partial charge in [0.05, 0.1) is 6.26 Å². The Hall–Kier alpha value is -2.00. The Kier molecular flexibility index (Phi) is 5.23. The molecule has 0 aliphatic heterocycles. The molecule has 2 rings (SSSR count). The normalized spacial score (nSPS) is 11.0. The van der Waals surface area contributed by atoms with E-state index in [2.05, 4.69) is 12.2 Å². The Morgan fingerprint density at radius 1 is 1.29 bits per heavy atom. The van der Waals surface area contributed by atoms with Crippen LogP contribution in [0.1, 0.15) is 30.7 Å². The van der Waals surface area contributed by atoms with Crippen molar-refractivity contribution < 1.29 is 9.21 Å². The molecule has 1 aromatic carbocycles. The van der Waals surface area contributed by atoms with Gasteiger partial charge in [0.1, 0.15) is 5.76 Å². The second kappa shape index (κ2) is 7.14. The van der Waals surface area contributed by atoms with Gasteiger partial charge in [-0.1, -0.05) is 31.5 Å². The molecule has 0 unspecified atom stereocenters. The van der Waals surface area contributed by atoms with Gasteiger partial charge < -0.3 is 9.73 Å². The van der Waals surface area contributed by atoms with Crippen LogP contribution in [0.15, 0.2) is 41.0 Å². The summed E-state index contributed by atoms with van der Waals surface area (Å²) < 4.78 is 5.16. The second-order valence-electron chi connectivity index (χ2n) is 4.61. The molecule has 0 saturated heterocycles. The summed E-state index contributed by atoms with van der Waals surface area (Å²) in [4.78, 5) is 12.1. The zero-order valence-corrected chi connectivity index (χ0v) is 12.9. The fourth-order valence-electron chi connectivity index (χ4n) is 2.18. The van der Waals surface area contributed by atoms with Crippen molar-refractivity contribution in [2.75, 3.05) is 5.32 Å². The lowest BCUT2D eigenvalue weighted by Crippen LogP contribution is -2.12. The number of furan rings is 1. The van der Waals surface area contributed by atoms with Gasteiger partial charge in [-0.25, -0.2) is 0 Å². The lowest BCUT2D eigenvalue weighted by Gasteiger charge is -2.14. The molecule has 4 heteroatoms. The Bertz CT molecular complexity index is 645. The number of amides is 1. The van der Waals surface area contributed by atoms with E-state index < -0.39 is 0 Å². The van der Waals surface area contributed by atoms with Crippen LogP contribution in [0.4, 0.5) is 5.69 Å². The highest BCUT2D eigenvalue weighted by Gasteiger charge is 2.11. The van der Waals surface area contributed by atoms with E-state index in [0.29, 0.717) is 10.8 Å². The molecule has 0 radical (unpaired) electrons. The number of benzene rings is 1. The molecule has 0 bridgehead atoms. The standard InChI is InChI=1S/C17H18ClNO2/c1-3-12-7-9-15(18)14(4-2)17(12)19-16(20)10-8-13-6-5-11-21-13/h5-11H,3-4H2,1-2H3,(H,19,20). The minimum atomic E-state index is -0.196. The fraction of sp³-hybridized carbons (Fsp3) is 0.235. The lowest BCUT2D eigenvalue weighted by atomic mass is 10.0. The summed E-state index contributed by atoms with van der Waals surface area (Å²) in [6.07, 6.45) is 6.26. The SMILES string of the molecule is CCc1ccc(Cl)c(CC)c1NC(=O)C=Cc1ccco1. The van der Waals surface area contributed by atoms with Crippen molar-refractivity contribution in [2.24, 2.45) is 0 Å². The molecule has 1 aromatic heterocycles. The first kappa shape index (κ1) is 15.4. The molecule has 21 heavy (non-hydrogen) atoms. The Balaban J connectivity index is 2.22. The third-order valence-corrected chi connectivity index (χ3v) is 3.62. The van der Waals surface area contributed by atoms with Crippen molar-refractivity contribution >= 4 is 29.3 Å². The van der Waals surface area contributed by atoms with Crippen molar-refractivity contribution in [3.8, 4) is 0 Å². The molecule has 0 aliphatic rings. The van der Waals surface area contributed by atoms with Crippen molar-refractivity contribution in [1.29, 1.82) is 0 Å². The van der Waals surface area contributed by atoms with Crippen LogP contribution in [-0.2, 0) is 17.6 Å². The number of aryl methyl sites for hydroxylation is 1. The van der Waals surface area contributed by atoms with Gasteiger partial charge in [0.2, 0.25) is 5.91 Å². The van der Waals surface area contributed by atoms with Crippen LogP contribution in [0.25, 0.3) is 6.08 Å².